The molecule has 0 amide bonds. The maximum absolute atomic E-state index is 4.19. The molecule has 0 spiro atoms. The molecule has 2 nitrogen and oxygen atoms in total. The van der Waals surface area contributed by atoms with E-state index in [9.17, 15) is 0 Å². The minimum atomic E-state index is 1.08. The Balaban J connectivity index is 2.52. The molecular weight excluding hydrogens is 136 g/mol. The Morgan fingerprint density at radius 1 is 1.36 bits per heavy atom. The van der Waals surface area contributed by atoms with Crippen LogP contribution in [-0.4, -0.2) is 9.97 Å². The van der Waals surface area contributed by atoms with Crippen molar-refractivity contribution in [2.75, 3.05) is 0 Å². The standard InChI is InChI=1S/C9H10N2/c1-7-3-2-4-8-5-10-6-11-9(7)8/h5-6H,1-4H2. The molecule has 0 unspecified atom stereocenters. The topological polar surface area (TPSA) is 25.8 Å². The molecule has 1 aliphatic rings. The highest BCUT2D eigenvalue weighted by atomic mass is 14.8. The first-order chi connectivity index (χ1) is 5.38. The lowest BCUT2D eigenvalue weighted by atomic mass is 9.94. The molecular formula is C9H10N2. The van der Waals surface area contributed by atoms with Gasteiger partial charge in [-0.15, -0.1) is 0 Å². The lowest BCUT2D eigenvalue weighted by Gasteiger charge is -2.14. The lowest BCUT2D eigenvalue weighted by molar-refractivity contribution is 0.800. The number of nitrogens with zero attached hydrogens (tertiary/aromatic N) is 2. The zero-order valence-electron chi connectivity index (χ0n) is 6.38. The monoisotopic (exact) mass is 146 g/mol. The summed E-state index contributed by atoms with van der Waals surface area (Å²) in [7, 11) is 0. The van der Waals surface area contributed by atoms with Gasteiger partial charge in [-0.05, 0) is 30.4 Å². The van der Waals surface area contributed by atoms with Gasteiger partial charge in [-0.3, -0.25) is 0 Å². The van der Waals surface area contributed by atoms with Crippen LogP contribution in [0.1, 0.15) is 24.1 Å². The summed E-state index contributed by atoms with van der Waals surface area (Å²) in [6, 6.07) is 0. The highest BCUT2D eigenvalue weighted by molar-refractivity contribution is 5.64. The molecule has 0 atom stereocenters. The molecule has 0 saturated heterocycles. The Bertz CT molecular complexity index is 291. The molecule has 0 fully saturated rings. The third-order valence-corrected chi connectivity index (χ3v) is 2.05. The van der Waals surface area contributed by atoms with E-state index in [0.29, 0.717) is 0 Å². The largest absolute Gasteiger partial charge is 0.244 e. The van der Waals surface area contributed by atoms with Gasteiger partial charge in [0.2, 0.25) is 0 Å². The molecule has 2 heteroatoms. The van der Waals surface area contributed by atoms with Crippen LogP contribution in [-0.2, 0) is 6.42 Å². The summed E-state index contributed by atoms with van der Waals surface area (Å²) in [4.78, 5) is 8.17. The second-order valence-electron chi connectivity index (χ2n) is 2.85. The maximum Gasteiger partial charge on any atom is 0.116 e. The fourth-order valence-electron chi connectivity index (χ4n) is 1.47. The van der Waals surface area contributed by atoms with Crippen LogP contribution in [0.3, 0.4) is 0 Å². The quantitative estimate of drug-likeness (QED) is 0.558. The first-order valence-electron chi connectivity index (χ1n) is 3.85. The van der Waals surface area contributed by atoms with Crippen LogP contribution in [0, 0.1) is 0 Å². The van der Waals surface area contributed by atoms with Gasteiger partial charge in [0.05, 0.1) is 5.69 Å². The molecule has 0 aromatic carbocycles. The molecule has 1 heterocycles. The van der Waals surface area contributed by atoms with Crippen molar-refractivity contribution >= 4 is 5.57 Å². The summed E-state index contributed by atoms with van der Waals surface area (Å²) < 4.78 is 0. The third-order valence-electron chi connectivity index (χ3n) is 2.05. The van der Waals surface area contributed by atoms with Crippen molar-refractivity contribution in [1.82, 2.24) is 9.97 Å². The minimum Gasteiger partial charge on any atom is -0.244 e. The molecule has 1 aliphatic carbocycles. The Kier molecular flexibility index (Phi) is 1.46. The van der Waals surface area contributed by atoms with E-state index in [1.807, 2.05) is 6.20 Å². The number of rotatable bonds is 0. The summed E-state index contributed by atoms with van der Waals surface area (Å²) in [5.41, 5.74) is 3.49. The predicted octanol–water partition coefficient (Wildman–Crippen LogP) is 1.83. The van der Waals surface area contributed by atoms with Gasteiger partial charge < -0.3 is 0 Å². The Hall–Kier alpha value is -1.18. The SMILES string of the molecule is C=C1CCCc2cncnc21. The second-order valence-corrected chi connectivity index (χ2v) is 2.85. The highest BCUT2D eigenvalue weighted by Gasteiger charge is 2.12. The van der Waals surface area contributed by atoms with Crippen molar-refractivity contribution in [3.8, 4) is 0 Å². The van der Waals surface area contributed by atoms with Crippen LogP contribution in [0.2, 0.25) is 0 Å². The molecule has 1 aromatic heterocycles. The van der Waals surface area contributed by atoms with Gasteiger partial charge in [0, 0.05) is 6.20 Å². The average Bonchev–Trinajstić information content (AvgIpc) is 2.06. The molecule has 1 aromatic rings. The van der Waals surface area contributed by atoms with Gasteiger partial charge in [-0.25, -0.2) is 9.97 Å². The average molecular weight is 146 g/mol. The van der Waals surface area contributed by atoms with Gasteiger partial charge in [-0.2, -0.15) is 0 Å². The van der Waals surface area contributed by atoms with Crippen LogP contribution in [0.15, 0.2) is 19.1 Å². The van der Waals surface area contributed by atoms with Crippen molar-refractivity contribution in [3.05, 3.63) is 30.4 Å². The van der Waals surface area contributed by atoms with E-state index in [1.165, 1.54) is 12.0 Å². The van der Waals surface area contributed by atoms with E-state index >= 15 is 0 Å². The molecule has 0 bridgehead atoms. The third kappa shape index (κ3) is 1.04. The Morgan fingerprint density at radius 2 is 2.27 bits per heavy atom. The summed E-state index contributed by atoms with van der Waals surface area (Å²) in [6.07, 6.45) is 6.88. The van der Waals surface area contributed by atoms with E-state index in [1.54, 1.807) is 6.33 Å². The number of hydrogen-bond acceptors (Lipinski definition) is 2. The van der Waals surface area contributed by atoms with Crippen molar-refractivity contribution < 1.29 is 0 Å². The van der Waals surface area contributed by atoms with Crippen LogP contribution in [0.4, 0.5) is 0 Å². The van der Waals surface area contributed by atoms with E-state index in [4.69, 9.17) is 0 Å². The smallest absolute Gasteiger partial charge is 0.116 e. The molecule has 2 rings (SSSR count). The first kappa shape index (κ1) is 6.53. The Labute approximate surface area is 66.0 Å². The van der Waals surface area contributed by atoms with Gasteiger partial charge in [-0.1, -0.05) is 6.58 Å². The fourth-order valence-corrected chi connectivity index (χ4v) is 1.47. The van der Waals surface area contributed by atoms with Crippen molar-refractivity contribution in [2.45, 2.75) is 19.3 Å². The zero-order valence-corrected chi connectivity index (χ0v) is 6.38. The number of aromatic nitrogens is 2. The van der Waals surface area contributed by atoms with Gasteiger partial charge in [0.25, 0.3) is 0 Å². The molecule has 0 radical (unpaired) electrons. The van der Waals surface area contributed by atoms with Gasteiger partial charge >= 0.3 is 0 Å². The Morgan fingerprint density at radius 3 is 3.09 bits per heavy atom. The van der Waals surface area contributed by atoms with Gasteiger partial charge in [0.1, 0.15) is 6.33 Å². The van der Waals surface area contributed by atoms with Gasteiger partial charge in [0.15, 0.2) is 0 Å². The van der Waals surface area contributed by atoms with Crippen LogP contribution in [0.25, 0.3) is 5.57 Å². The van der Waals surface area contributed by atoms with Crippen molar-refractivity contribution in [2.24, 2.45) is 0 Å². The van der Waals surface area contributed by atoms with E-state index in [2.05, 4.69) is 16.5 Å². The summed E-state index contributed by atoms with van der Waals surface area (Å²) in [5.74, 6) is 0. The van der Waals surface area contributed by atoms with Crippen molar-refractivity contribution in [1.29, 1.82) is 0 Å². The van der Waals surface area contributed by atoms with E-state index in [-0.39, 0.29) is 0 Å². The van der Waals surface area contributed by atoms with E-state index in [0.717, 1.165) is 24.1 Å². The summed E-state index contributed by atoms with van der Waals surface area (Å²) >= 11 is 0. The number of hydrogen-bond donors (Lipinski definition) is 0. The number of aryl methyl sites for hydroxylation is 1. The van der Waals surface area contributed by atoms with Crippen LogP contribution in [0.5, 0.6) is 0 Å². The highest BCUT2D eigenvalue weighted by Crippen LogP contribution is 2.25. The summed E-state index contributed by atoms with van der Waals surface area (Å²) in [6.45, 7) is 3.97. The molecule has 0 saturated carbocycles. The van der Waals surface area contributed by atoms with Crippen LogP contribution < -0.4 is 0 Å². The first-order valence-corrected chi connectivity index (χ1v) is 3.85. The minimum absolute atomic E-state index is 1.08. The van der Waals surface area contributed by atoms with Crippen LogP contribution >= 0.6 is 0 Å². The molecule has 11 heavy (non-hydrogen) atoms. The molecule has 56 valence electrons. The zero-order chi connectivity index (χ0) is 7.68. The lowest BCUT2D eigenvalue weighted by Crippen LogP contribution is -2.03. The second kappa shape index (κ2) is 2.46. The number of allylic oxidation sites excluding steroid dienone is 1. The fraction of sp³-hybridized carbons (Fsp3) is 0.333. The molecule has 0 N–H and O–H groups in total. The molecule has 0 aliphatic heterocycles. The number of fused-ring (bicyclic) bond motifs is 1. The normalized spacial score (nSPS) is 16.2. The van der Waals surface area contributed by atoms with Crippen molar-refractivity contribution in [3.63, 3.8) is 0 Å². The van der Waals surface area contributed by atoms with E-state index < -0.39 is 0 Å². The summed E-state index contributed by atoms with van der Waals surface area (Å²) in [5, 5.41) is 0. The predicted molar refractivity (Wildman–Crippen MR) is 44.0 cm³/mol. The maximum atomic E-state index is 4.19.